The van der Waals surface area contributed by atoms with E-state index in [9.17, 15) is 0 Å². The van der Waals surface area contributed by atoms with Gasteiger partial charge in [0.25, 0.3) is 0 Å². The summed E-state index contributed by atoms with van der Waals surface area (Å²) in [5.74, 6) is 5.86. The molecule has 0 unspecified atom stereocenters. The van der Waals surface area contributed by atoms with Crippen LogP contribution in [-0.4, -0.2) is 28.4 Å². The molecule has 5 nitrogen and oxygen atoms in total. The summed E-state index contributed by atoms with van der Waals surface area (Å²) in [6.45, 7) is 3.66. The highest BCUT2D eigenvalue weighted by molar-refractivity contribution is 8.00. The average molecular weight is 268 g/mol. The lowest BCUT2D eigenvalue weighted by Gasteiger charge is -2.24. The van der Waals surface area contributed by atoms with E-state index < -0.39 is 0 Å². The molecule has 7 heteroatoms. The Hall–Kier alpha value is -0.890. The Bertz CT molecular complexity index is 552. The van der Waals surface area contributed by atoms with Crippen molar-refractivity contribution in [3.8, 4) is 0 Å². The molecule has 0 amide bonds. The number of nitrogens with one attached hydrogen (secondary N) is 1. The second kappa shape index (κ2) is 4.41. The van der Waals surface area contributed by atoms with E-state index in [0.29, 0.717) is 11.2 Å². The van der Waals surface area contributed by atoms with E-state index in [1.165, 1.54) is 4.88 Å². The third-order valence-electron chi connectivity index (χ3n) is 2.50. The molecule has 3 rings (SSSR count). The SMILES string of the molecule is Cc1cc2c(SC3COC3)nc(NN)nc2s1. The van der Waals surface area contributed by atoms with Gasteiger partial charge in [0.15, 0.2) is 0 Å². The van der Waals surface area contributed by atoms with Crippen LogP contribution in [0.1, 0.15) is 4.88 Å². The number of thiophene rings is 1. The number of anilines is 1. The number of hydrogen-bond acceptors (Lipinski definition) is 7. The van der Waals surface area contributed by atoms with Crippen LogP contribution in [0.5, 0.6) is 0 Å². The number of hydrazine groups is 1. The van der Waals surface area contributed by atoms with Crippen LogP contribution in [0.3, 0.4) is 0 Å². The maximum absolute atomic E-state index is 5.39. The number of nitrogen functional groups attached to an aromatic ring is 1. The Balaban J connectivity index is 2.05. The minimum atomic E-state index is 0.474. The van der Waals surface area contributed by atoms with Crippen LogP contribution in [0.2, 0.25) is 0 Å². The summed E-state index contributed by atoms with van der Waals surface area (Å²) in [4.78, 5) is 11.0. The van der Waals surface area contributed by atoms with Crippen molar-refractivity contribution in [2.45, 2.75) is 17.2 Å². The molecule has 0 aliphatic carbocycles. The Morgan fingerprint density at radius 3 is 3.00 bits per heavy atom. The van der Waals surface area contributed by atoms with E-state index in [4.69, 9.17) is 10.6 Å². The zero-order valence-corrected chi connectivity index (χ0v) is 10.9. The molecule has 1 fully saturated rings. The maximum Gasteiger partial charge on any atom is 0.239 e. The molecule has 3 heterocycles. The summed E-state index contributed by atoms with van der Waals surface area (Å²) in [7, 11) is 0. The molecule has 0 aromatic carbocycles. The van der Waals surface area contributed by atoms with E-state index in [1.807, 2.05) is 0 Å². The molecule has 2 aromatic rings. The van der Waals surface area contributed by atoms with Gasteiger partial charge in [0.1, 0.15) is 9.86 Å². The van der Waals surface area contributed by atoms with E-state index in [-0.39, 0.29) is 0 Å². The summed E-state index contributed by atoms with van der Waals surface area (Å²) in [5, 5.41) is 2.60. The Labute approximate surface area is 107 Å². The minimum absolute atomic E-state index is 0.474. The quantitative estimate of drug-likeness (QED) is 0.502. The van der Waals surface area contributed by atoms with Gasteiger partial charge in [0, 0.05) is 10.3 Å². The van der Waals surface area contributed by atoms with Crippen molar-refractivity contribution < 1.29 is 4.74 Å². The summed E-state index contributed by atoms with van der Waals surface area (Å²) < 4.78 is 5.18. The van der Waals surface area contributed by atoms with Gasteiger partial charge in [0.2, 0.25) is 5.95 Å². The first-order valence-corrected chi connectivity index (χ1v) is 6.95. The summed E-state index contributed by atoms with van der Waals surface area (Å²) in [5.41, 5.74) is 2.52. The molecule has 90 valence electrons. The Morgan fingerprint density at radius 2 is 2.35 bits per heavy atom. The average Bonchev–Trinajstić information content (AvgIpc) is 2.63. The number of aromatic nitrogens is 2. The van der Waals surface area contributed by atoms with Crippen LogP contribution in [0.25, 0.3) is 10.2 Å². The van der Waals surface area contributed by atoms with E-state index >= 15 is 0 Å². The molecule has 0 saturated carbocycles. The number of thioether (sulfide) groups is 1. The zero-order valence-electron chi connectivity index (χ0n) is 9.27. The fourth-order valence-corrected chi connectivity index (χ4v) is 3.62. The van der Waals surface area contributed by atoms with Crippen molar-refractivity contribution in [2.75, 3.05) is 18.6 Å². The molecule has 0 spiro atoms. The second-order valence-electron chi connectivity index (χ2n) is 3.85. The lowest BCUT2D eigenvalue weighted by atomic mass is 10.4. The van der Waals surface area contributed by atoms with Gasteiger partial charge in [-0.1, -0.05) is 11.8 Å². The van der Waals surface area contributed by atoms with Gasteiger partial charge in [-0.2, -0.15) is 0 Å². The van der Waals surface area contributed by atoms with Gasteiger partial charge < -0.3 is 4.74 Å². The summed E-state index contributed by atoms with van der Waals surface area (Å²) >= 11 is 3.40. The molecule has 3 N–H and O–H groups in total. The number of ether oxygens (including phenoxy) is 1. The third kappa shape index (κ3) is 2.11. The molecule has 0 atom stereocenters. The van der Waals surface area contributed by atoms with Crippen LogP contribution >= 0.6 is 23.1 Å². The van der Waals surface area contributed by atoms with Gasteiger partial charge >= 0.3 is 0 Å². The Morgan fingerprint density at radius 1 is 1.53 bits per heavy atom. The minimum Gasteiger partial charge on any atom is -0.379 e. The van der Waals surface area contributed by atoms with Crippen molar-refractivity contribution in [3.05, 3.63) is 10.9 Å². The molecule has 0 radical (unpaired) electrons. The molecule has 1 aliphatic heterocycles. The highest BCUT2D eigenvalue weighted by Crippen LogP contribution is 2.35. The number of rotatable bonds is 3. The topological polar surface area (TPSA) is 73.1 Å². The molecular formula is C10H12N4OS2. The van der Waals surface area contributed by atoms with Crippen LogP contribution < -0.4 is 11.3 Å². The van der Waals surface area contributed by atoms with Crippen molar-refractivity contribution in [2.24, 2.45) is 5.84 Å². The number of fused-ring (bicyclic) bond motifs is 1. The molecule has 0 bridgehead atoms. The molecule has 17 heavy (non-hydrogen) atoms. The van der Waals surface area contributed by atoms with E-state index in [2.05, 4.69) is 28.4 Å². The van der Waals surface area contributed by atoms with Gasteiger partial charge in [-0.3, -0.25) is 5.43 Å². The van der Waals surface area contributed by atoms with Crippen molar-refractivity contribution in [3.63, 3.8) is 0 Å². The largest absolute Gasteiger partial charge is 0.379 e. The van der Waals surface area contributed by atoms with Crippen molar-refractivity contribution in [1.29, 1.82) is 0 Å². The van der Waals surface area contributed by atoms with Crippen molar-refractivity contribution in [1.82, 2.24) is 9.97 Å². The number of hydrogen-bond donors (Lipinski definition) is 2. The summed E-state index contributed by atoms with van der Waals surface area (Å²) in [6, 6.07) is 2.13. The first-order valence-electron chi connectivity index (χ1n) is 5.25. The fourth-order valence-electron chi connectivity index (χ4n) is 1.61. The maximum atomic E-state index is 5.39. The van der Waals surface area contributed by atoms with Gasteiger partial charge in [0.05, 0.1) is 18.5 Å². The first-order chi connectivity index (χ1) is 8.26. The number of nitrogens with two attached hydrogens (primary N) is 1. The fraction of sp³-hybridized carbons (Fsp3) is 0.400. The van der Waals surface area contributed by atoms with Crippen molar-refractivity contribution >= 4 is 39.3 Å². The van der Waals surface area contributed by atoms with Crippen LogP contribution in [-0.2, 0) is 4.74 Å². The zero-order chi connectivity index (χ0) is 11.8. The molecular weight excluding hydrogens is 256 g/mol. The normalized spacial score (nSPS) is 16.1. The highest BCUT2D eigenvalue weighted by Gasteiger charge is 2.22. The highest BCUT2D eigenvalue weighted by atomic mass is 32.2. The van der Waals surface area contributed by atoms with Crippen LogP contribution in [0.4, 0.5) is 5.95 Å². The molecule has 2 aromatic heterocycles. The first kappa shape index (κ1) is 11.2. The van der Waals surface area contributed by atoms with Gasteiger partial charge in [-0.15, -0.1) is 11.3 Å². The molecule has 1 aliphatic rings. The van der Waals surface area contributed by atoms with Crippen LogP contribution in [0, 0.1) is 6.92 Å². The van der Waals surface area contributed by atoms with Crippen LogP contribution in [0.15, 0.2) is 11.1 Å². The second-order valence-corrected chi connectivity index (χ2v) is 6.37. The lowest BCUT2D eigenvalue weighted by molar-refractivity contribution is 0.0455. The predicted octanol–water partition coefficient (Wildman–Crippen LogP) is 1.78. The third-order valence-corrected chi connectivity index (χ3v) is 4.58. The number of aryl methyl sites for hydroxylation is 1. The standard InChI is InChI=1S/C10H12N4OS2/c1-5-2-7-8(16-5)12-10(14-11)13-9(7)17-6-3-15-4-6/h2,6H,3-4,11H2,1H3,(H,12,13,14). The van der Waals surface area contributed by atoms with E-state index in [1.54, 1.807) is 23.1 Å². The predicted molar refractivity (Wildman–Crippen MR) is 70.4 cm³/mol. The molecule has 1 saturated heterocycles. The van der Waals surface area contributed by atoms with E-state index in [0.717, 1.165) is 28.5 Å². The summed E-state index contributed by atoms with van der Waals surface area (Å²) in [6.07, 6.45) is 0. The lowest BCUT2D eigenvalue weighted by Crippen LogP contribution is -2.30. The monoisotopic (exact) mass is 268 g/mol. The van der Waals surface area contributed by atoms with Gasteiger partial charge in [-0.25, -0.2) is 15.8 Å². The number of nitrogens with zero attached hydrogens (tertiary/aromatic N) is 2. The van der Waals surface area contributed by atoms with Gasteiger partial charge in [-0.05, 0) is 13.0 Å². The smallest absolute Gasteiger partial charge is 0.239 e. The Kier molecular flexibility index (Phi) is 2.91.